The Morgan fingerprint density at radius 1 is 1.15 bits per heavy atom. The number of halogens is 3. The van der Waals surface area contributed by atoms with Crippen molar-refractivity contribution in [2.45, 2.75) is 31.6 Å². The van der Waals surface area contributed by atoms with E-state index in [4.69, 9.17) is 0 Å². The van der Waals surface area contributed by atoms with Crippen molar-refractivity contribution in [3.8, 4) is 0 Å². The summed E-state index contributed by atoms with van der Waals surface area (Å²) < 4.78 is 42.2. The van der Waals surface area contributed by atoms with Gasteiger partial charge in [0.15, 0.2) is 0 Å². The minimum atomic E-state index is -4.40. The molecular formula is C20H21F3N2O. The summed E-state index contributed by atoms with van der Waals surface area (Å²) in [6, 6.07) is 13.5. The van der Waals surface area contributed by atoms with Crippen molar-refractivity contribution in [2.75, 3.05) is 13.6 Å². The van der Waals surface area contributed by atoms with E-state index in [-0.39, 0.29) is 12.5 Å². The molecule has 26 heavy (non-hydrogen) atoms. The molecule has 138 valence electrons. The average molecular weight is 362 g/mol. The molecule has 0 aliphatic carbocycles. The highest BCUT2D eigenvalue weighted by Gasteiger charge is 2.57. The fourth-order valence-corrected chi connectivity index (χ4v) is 3.56. The predicted molar refractivity (Wildman–Crippen MR) is 93.8 cm³/mol. The number of amides is 1. The molecule has 2 aromatic rings. The molecule has 1 N–H and O–H groups in total. The second-order valence-corrected chi connectivity index (χ2v) is 6.67. The number of carbonyl (C=O) groups excluding carboxylic acids is 1. The van der Waals surface area contributed by atoms with Crippen molar-refractivity contribution < 1.29 is 18.0 Å². The van der Waals surface area contributed by atoms with Crippen LogP contribution in [0.25, 0.3) is 0 Å². The molecule has 1 amide bonds. The molecule has 6 heteroatoms. The molecule has 2 aromatic carbocycles. The highest BCUT2D eigenvalue weighted by molar-refractivity contribution is 5.93. The lowest BCUT2D eigenvalue weighted by Gasteiger charge is -2.47. The second kappa shape index (κ2) is 6.76. The Hall–Kier alpha value is -2.34. The number of fused-ring (bicyclic) bond motifs is 1. The molecule has 0 bridgehead atoms. The van der Waals surface area contributed by atoms with Crippen molar-refractivity contribution in [1.82, 2.24) is 10.2 Å². The predicted octanol–water partition coefficient (Wildman–Crippen LogP) is 3.88. The van der Waals surface area contributed by atoms with E-state index in [1.54, 1.807) is 48.5 Å². The monoisotopic (exact) mass is 362 g/mol. The quantitative estimate of drug-likeness (QED) is 0.899. The third kappa shape index (κ3) is 3.09. The molecule has 1 atom stereocenters. The van der Waals surface area contributed by atoms with Gasteiger partial charge in [-0.2, -0.15) is 13.2 Å². The third-order valence-corrected chi connectivity index (χ3v) is 5.19. The van der Waals surface area contributed by atoms with Crippen molar-refractivity contribution in [1.29, 1.82) is 0 Å². The first-order chi connectivity index (χ1) is 12.3. The van der Waals surface area contributed by atoms with Crippen LogP contribution in [0.2, 0.25) is 0 Å². The first-order valence-electron chi connectivity index (χ1n) is 8.48. The minimum absolute atomic E-state index is 0.165. The number of benzene rings is 2. The summed E-state index contributed by atoms with van der Waals surface area (Å²) in [6.07, 6.45) is -3.82. The van der Waals surface area contributed by atoms with E-state index in [2.05, 4.69) is 5.32 Å². The Bertz CT molecular complexity index is 801. The number of nitrogens with one attached hydrogen (secondary N) is 1. The van der Waals surface area contributed by atoms with E-state index in [0.29, 0.717) is 24.1 Å². The van der Waals surface area contributed by atoms with Crippen LogP contribution in [0, 0.1) is 0 Å². The standard InChI is InChI=1S/C20H21F3N2O/c1-19(20(21,22)23)17-6-4-3-5-15(17)11-12-25(19)13-14-7-9-16(10-8-14)18(26)24-2/h3-10H,11-13H2,1-2H3,(H,24,26). The van der Waals surface area contributed by atoms with Crippen molar-refractivity contribution in [2.24, 2.45) is 0 Å². The maximum atomic E-state index is 14.1. The number of carbonyl (C=O) groups is 1. The van der Waals surface area contributed by atoms with Gasteiger partial charge in [0.2, 0.25) is 0 Å². The molecule has 1 unspecified atom stereocenters. The molecule has 1 heterocycles. The van der Waals surface area contributed by atoms with Gasteiger partial charge in [-0.15, -0.1) is 0 Å². The molecule has 0 saturated carbocycles. The van der Waals surface area contributed by atoms with Gasteiger partial charge in [-0.05, 0) is 42.2 Å². The summed E-state index contributed by atoms with van der Waals surface area (Å²) in [4.78, 5) is 13.1. The van der Waals surface area contributed by atoms with Gasteiger partial charge in [-0.1, -0.05) is 36.4 Å². The molecule has 1 aliphatic rings. The van der Waals surface area contributed by atoms with Crippen LogP contribution in [0.15, 0.2) is 48.5 Å². The van der Waals surface area contributed by atoms with Gasteiger partial charge in [0.25, 0.3) is 5.91 Å². The highest BCUT2D eigenvalue weighted by Crippen LogP contribution is 2.47. The van der Waals surface area contributed by atoms with E-state index in [1.807, 2.05) is 0 Å². The summed E-state index contributed by atoms with van der Waals surface area (Å²) in [5, 5.41) is 2.53. The number of hydrogen-bond acceptors (Lipinski definition) is 2. The van der Waals surface area contributed by atoms with Crippen LogP contribution in [0.5, 0.6) is 0 Å². The lowest BCUT2D eigenvalue weighted by Crippen LogP contribution is -2.57. The van der Waals surface area contributed by atoms with Crippen LogP contribution in [-0.2, 0) is 18.5 Å². The molecule has 3 rings (SSSR count). The summed E-state index contributed by atoms with van der Waals surface area (Å²) in [6.45, 7) is 1.74. The lowest BCUT2D eigenvalue weighted by molar-refractivity contribution is -0.237. The van der Waals surface area contributed by atoms with Crippen LogP contribution in [0.1, 0.15) is 34.0 Å². The van der Waals surface area contributed by atoms with E-state index < -0.39 is 11.7 Å². The number of rotatable bonds is 3. The highest BCUT2D eigenvalue weighted by atomic mass is 19.4. The smallest absolute Gasteiger partial charge is 0.355 e. The first kappa shape index (κ1) is 18.5. The summed E-state index contributed by atoms with van der Waals surface area (Å²) in [5.41, 5.74) is 0.256. The Morgan fingerprint density at radius 3 is 2.42 bits per heavy atom. The molecule has 0 fully saturated rings. The fraction of sp³-hybridized carbons (Fsp3) is 0.350. The molecule has 3 nitrogen and oxygen atoms in total. The molecular weight excluding hydrogens is 341 g/mol. The van der Waals surface area contributed by atoms with E-state index in [9.17, 15) is 18.0 Å². The Morgan fingerprint density at radius 2 is 1.81 bits per heavy atom. The SMILES string of the molecule is CNC(=O)c1ccc(CN2CCc3ccccc3C2(C)C(F)(F)F)cc1. The zero-order valence-electron chi connectivity index (χ0n) is 14.7. The molecule has 0 spiro atoms. The number of nitrogens with zero attached hydrogens (tertiary/aromatic N) is 1. The van der Waals surface area contributed by atoms with Crippen molar-refractivity contribution >= 4 is 5.91 Å². The summed E-state index contributed by atoms with van der Waals surface area (Å²) in [7, 11) is 1.54. The Balaban J connectivity index is 1.93. The summed E-state index contributed by atoms with van der Waals surface area (Å²) >= 11 is 0. The minimum Gasteiger partial charge on any atom is -0.355 e. The van der Waals surface area contributed by atoms with Gasteiger partial charge in [-0.25, -0.2) is 0 Å². The van der Waals surface area contributed by atoms with Crippen LogP contribution < -0.4 is 5.32 Å². The second-order valence-electron chi connectivity index (χ2n) is 6.67. The largest absolute Gasteiger partial charge is 0.410 e. The number of hydrogen-bond donors (Lipinski definition) is 1. The van der Waals surface area contributed by atoms with Gasteiger partial charge in [0.05, 0.1) is 0 Å². The van der Waals surface area contributed by atoms with Crippen molar-refractivity contribution in [3.63, 3.8) is 0 Å². The van der Waals surface area contributed by atoms with Gasteiger partial charge >= 0.3 is 6.18 Å². The van der Waals surface area contributed by atoms with E-state index in [1.165, 1.54) is 18.9 Å². The molecule has 0 saturated heterocycles. The Kier molecular flexibility index (Phi) is 4.80. The molecule has 0 radical (unpaired) electrons. The summed E-state index contributed by atoms with van der Waals surface area (Å²) in [5.74, 6) is -0.219. The number of alkyl halides is 3. The van der Waals surface area contributed by atoms with Gasteiger partial charge in [0.1, 0.15) is 5.54 Å². The van der Waals surface area contributed by atoms with Crippen molar-refractivity contribution in [3.05, 3.63) is 70.8 Å². The first-order valence-corrected chi connectivity index (χ1v) is 8.48. The normalized spacial score (nSPS) is 20.5. The van der Waals surface area contributed by atoms with Crippen LogP contribution in [0.4, 0.5) is 13.2 Å². The maximum Gasteiger partial charge on any atom is 0.410 e. The molecule has 1 aliphatic heterocycles. The van der Waals surface area contributed by atoms with Gasteiger partial charge in [-0.3, -0.25) is 9.69 Å². The van der Waals surface area contributed by atoms with E-state index >= 15 is 0 Å². The Labute approximate surface area is 150 Å². The maximum absolute atomic E-state index is 14.1. The van der Waals surface area contributed by atoms with Crippen LogP contribution in [0.3, 0.4) is 0 Å². The molecule has 0 aromatic heterocycles. The third-order valence-electron chi connectivity index (χ3n) is 5.19. The topological polar surface area (TPSA) is 32.3 Å². The zero-order chi connectivity index (χ0) is 18.9. The fourth-order valence-electron chi connectivity index (χ4n) is 3.56. The zero-order valence-corrected chi connectivity index (χ0v) is 14.7. The van der Waals surface area contributed by atoms with Gasteiger partial charge in [0, 0.05) is 25.7 Å². The van der Waals surface area contributed by atoms with Crippen LogP contribution in [-0.4, -0.2) is 30.6 Å². The van der Waals surface area contributed by atoms with Crippen LogP contribution >= 0.6 is 0 Å². The van der Waals surface area contributed by atoms with E-state index in [0.717, 1.165) is 11.1 Å². The average Bonchev–Trinajstić information content (AvgIpc) is 2.63. The lowest BCUT2D eigenvalue weighted by atomic mass is 9.81. The van der Waals surface area contributed by atoms with Gasteiger partial charge < -0.3 is 5.32 Å².